The molecule has 3 N–H and O–H groups in total. The number of nitrogens with two attached hydrogens (primary N) is 1. The number of hydrogen-bond acceptors (Lipinski definition) is 3. The standard InChI is InChI=1S/C12H19N3O2S/c1-3-8-14-12(13)15-9-10-4-6-11(7-5-10)18(2,16)17/h4-7H,3,8-9H2,1-2H3,(H3,13,14,15). The molecular weight excluding hydrogens is 250 g/mol. The normalized spacial score (nSPS) is 12.4. The first-order chi connectivity index (χ1) is 8.43. The van der Waals surface area contributed by atoms with E-state index >= 15 is 0 Å². The molecule has 0 heterocycles. The molecule has 6 heteroatoms. The van der Waals surface area contributed by atoms with E-state index in [9.17, 15) is 8.42 Å². The summed E-state index contributed by atoms with van der Waals surface area (Å²) in [5.41, 5.74) is 6.57. The summed E-state index contributed by atoms with van der Waals surface area (Å²) in [4.78, 5) is 4.47. The number of nitrogens with one attached hydrogen (secondary N) is 1. The maximum absolute atomic E-state index is 11.3. The predicted molar refractivity (Wildman–Crippen MR) is 73.2 cm³/mol. The van der Waals surface area contributed by atoms with Crippen molar-refractivity contribution >= 4 is 15.8 Å². The van der Waals surface area contributed by atoms with E-state index in [2.05, 4.69) is 10.3 Å². The third-order valence-electron chi connectivity index (χ3n) is 2.34. The van der Waals surface area contributed by atoms with Gasteiger partial charge in [0.05, 0.1) is 11.4 Å². The second-order valence-electron chi connectivity index (χ2n) is 4.04. The van der Waals surface area contributed by atoms with E-state index in [4.69, 9.17) is 5.73 Å². The molecule has 100 valence electrons. The summed E-state index contributed by atoms with van der Waals surface area (Å²) in [7, 11) is -3.14. The maximum Gasteiger partial charge on any atom is 0.188 e. The van der Waals surface area contributed by atoms with Crippen molar-refractivity contribution in [3.05, 3.63) is 29.8 Å². The van der Waals surface area contributed by atoms with Crippen LogP contribution in [0.5, 0.6) is 0 Å². The predicted octanol–water partition coefficient (Wildman–Crippen LogP) is 0.904. The largest absolute Gasteiger partial charge is 0.370 e. The SMILES string of the molecule is CCCNC(N)=NCc1ccc(S(C)(=O)=O)cc1. The fourth-order valence-corrected chi connectivity index (χ4v) is 1.96. The Bertz CT molecular complexity index is 507. The van der Waals surface area contributed by atoms with Gasteiger partial charge in [0.25, 0.3) is 0 Å². The van der Waals surface area contributed by atoms with Gasteiger partial charge in [0, 0.05) is 12.8 Å². The van der Waals surface area contributed by atoms with Crippen LogP contribution >= 0.6 is 0 Å². The molecule has 1 rings (SSSR count). The number of guanidine groups is 1. The fourth-order valence-electron chi connectivity index (χ4n) is 1.33. The van der Waals surface area contributed by atoms with Gasteiger partial charge in [0.15, 0.2) is 15.8 Å². The molecule has 0 aliphatic rings. The van der Waals surface area contributed by atoms with Crippen molar-refractivity contribution in [2.75, 3.05) is 12.8 Å². The van der Waals surface area contributed by atoms with Gasteiger partial charge in [-0.1, -0.05) is 19.1 Å². The molecule has 0 fully saturated rings. The first-order valence-electron chi connectivity index (χ1n) is 5.76. The van der Waals surface area contributed by atoms with Gasteiger partial charge in [0.1, 0.15) is 0 Å². The summed E-state index contributed by atoms with van der Waals surface area (Å²) in [5, 5.41) is 2.97. The van der Waals surface area contributed by atoms with Crippen LogP contribution in [0.3, 0.4) is 0 Å². The molecule has 0 aliphatic carbocycles. The summed E-state index contributed by atoms with van der Waals surface area (Å²) in [6.45, 7) is 3.28. The minimum Gasteiger partial charge on any atom is -0.370 e. The van der Waals surface area contributed by atoms with Crippen molar-refractivity contribution in [2.24, 2.45) is 10.7 Å². The molecular formula is C12H19N3O2S. The Morgan fingerprint density at radius 1 is 1.33 bits per heavy atom. The lowest BCUT2D eigenvalue weighted by Crippen LogP contribution is -2.32. The van der Waals surface area contributed by atoms with Crippen LogP contribution in [0.15, 0.2) is 34.2 Å². The lowest BCUT2D eigenvalue weighted by Gasteiger charge is -2.04. The summed E-state index contributed by atoms with van der Waals surface area (Å²) < 4.78 is 22.5. The van der Waals surface area contributed by atoms with Gasteiger partial charge in [0.2, 0.25) is 0 Å². The zero-order valence-corrected chi connectivity index (χ0v) is 11.5. The maximum atomic E-state index is 11.3. The zero-order chi connectivity index (χ0) is 13.6. The third-order valence-corrected chi connectivity index (χ3v) is 3.47. The van der Waals surface area contributed by atoms with Crippen LogP contribution in [-0.2, 0) is 16.4 Å². The Morgan fingerprint density at radius 2 is 1.94 bits per heavy atom. The third kappa shape index (κ3) is 4.75. The van der Waals surface area contributed by atoms with Crippen LogP contribution < -0.4 is 11.1 Å². The van der Waals surface area contributed by atoms with E-state index in [0.717, 1.165) is 18.5 Å². The van der Waals surface area contributed by atoms with E-state index in [1.807, 2.05) is 6.92 Å². The Balaban J connectivity index is 2.65. The number of aliphatic imine (C=N–C) groups is 1. The number of sulfone groups is 1. The van der Waals surface area contributed by atoms with Crippen LogP contribution in [0.25, 0.3) is 0 Å². The highest BCUT2D eigenvalue weighted by Gasteiger charge is 2.05. The van der Waals surface area contributed by atoms with E-state index < -0.39 is 9.84 Å². The summed E-state index contributed by atoms with van der Waals surface area (Å²) >= 11 is 0. The average Bonchev–Trinajstić information content (AvgIpc) is 2.33. The highest BCUT2D eigenvalue weighted by Crippen LogP contribution is 2.10. The summed E-state index contributed by atoms with van der Waals surface area (Å²) in [5.74, 6) is 0.407. The Labute approximate surface area is 108 Å². The molecule has 0 radical (unpaired) electrons. The van der Waals surface area contributed by atoms with Crippen molar-refractivity contribution in [2.45, 2.75) is 24.8 Å². The quantitative estimate of drug-likeness (QED) is 0.614. The molecule has 0 saturated heterocycles. The van der Waals surface area contributed by atoms with Crippen molar-refractivity contribution in [1.29, 1.82) is 0 Å². The first kappa shape index (κ1) is 14.5. The first-order valence-corrected chi connectivity index (χ1v) is 7.65. The molecule has 0 aromatic heterocycles. The molecule has 1 aromatic rings. The molecule has 0 spiro atoms. The number of hydrogen-bond donors (Lipinski definition) is 2. The van der Waals surface area contributed by atoms with Crippen LogP contribution in [0, 0.1) is 0 Å². The molecule has 0 unspecified atom stereocenters. The second-order valence-corrected chi connectivity index (χ2v) is 6.06. The van der Waals surface area contributed by atoms with Crippen LogP contribution in [-0.4, -0.2) is 27.2 Å². The molecule has 0 bridgehead atoms. The molecule has 1 aromatic carbocycles. The van der Waals surface area contributed by atoms with Gasteiger partial charge in [-0.3, -0.25) is 0 Å². The number of rotatable bonds is 5. The zero-order valence-electron chi connectivity index (χ0n) is 10.7. The van der Waals surface area contributed by atoms with Crippen LogP contribution in [0.4, 0.5) is 0 Å². The summed E-state index contributed by atoms with van der Waals surface area (Å²) in [6, 6.07) is 6.64. The lowest BCUT2D eigenvalue weighted by atomic mass is 10.2. The molecule has 0 aliphatic heterocycles. The van der Waals surface area contributed by atoms with Crippen LogP contribution in [0.2, 0.25) is 0 Å². The van der Waals surface area contributed by atoms with Crippen molar-refractivity contribution in [1.82, 2.24) is 5.32 Å². The van der Waals surface area contributed by atoms with Crippen LogP contribution in [0.1, 0.15) is 18.9 Å². The monoisotopic (exact) mass is 269 g/mol. The van der Waals surface area contributed by atoms with E-state index in [-0.39, 0.29) is 0 Å². The average molecular weight is 269 g/mol. The van der Waals surface area contributed by atoms with Gasteiger partial charge in [-0.2, -0.15) is 0 Å². The topological polar surface area (TPSA) is 84.5 Å². The molecule has 0 atom stereocenters. The van der Waals surface area contributed by atoms with Crippen molar-refractivity contribution in [3.8, 4) is 0 Å². The Kier molecular flexibility index (Phi) is 5.15. The number of benzene rings is 1. The lowest BCUT2D eigenvalue weighted by molar-refractivity contribution is 0.602. The minimum atomic E-state index is -3.14. The van der Waals surface area contributed by atoms with E-state index in [0.29, 0.717) is 17.4 Å². The highest BCUT2D eigenvalue weighted by atomic mass is 32.2. The number of nitrogens with zero attached hydrogens (tertiary/aromatic N) is 1. The van der Waals surface area contributed by atoms with E-state index in [1.54, 1.807) is 24.3 Å². The molecule has 5 nitrogen and oxygen atoms in total. The Morgan fingerprint density at radius 3 is 2.44 bits per heavy atom. The van der Waals surface area contributed by atoms with Gasteiger partial charge < -0.3 is 11.1 Å². The van der Waals surface area contributed by atoms with Gasteiger partial charge >= 0.3 is 0 Å². The molecule has 18 heavy (non-hydrogen) atoms. The van der Waals surface area contributed by atoms with Crippen molar-refractivity contribution in [3.63, 3.8) is 0 Å². The summed E-state index contributed by atoms with van der Waals surface area (Å²) in [6.07, 6.45) is 2.17. The van der Waals surface area contributed by atoms with Crippen molar-refractivity contribution < 1.29 is 8.42 Å². The Hall–Kier alpha value is -1.56. The fraction of sp³-hybridized carbons (Fsp3) is 0.417. The van der Waals surface area contributed by atoms with Gasteiger partial charge in [-0.25, -0.2) is 13.4 Å². The second kappa shape index (κ2) is 6.39. The van der Waals surface area contributed by atoms with E-state index in [1.165, 1.54) is 6.26 Å². The smallest absolute Gasteiger partial charge is 0.188 e. The van der Waals surface area contributed by atoms with Gasteiger partial charge in [-0.15, -0.1) is 0 Å². The minimum absolute atomic E-state index is 0.312. The van der Waals surface area contributed by atoms with Gasteiger partial charge in [-0.05, 0) is 24.1 Å². The molecule has 0 amide bonds. The highest BCUT2D eigenvalue weighted by molar-refractivity contribution is 7.90. The molecule has 0 saturated carbocycles.